The third-order valence-corrected chi connectivity index (χ3v) is 4.81. The van der Waals surface area contributed by atoms with Crippen molar-refractivity contribution in [3.63, 3.8) is 0 Å². The number of nitrogens with zero attached hydrogens (tertiary/aromatic N) is 1. The number of carbonyl (C=O) groups excluding carboxylic acids is 1. The van der Waals surface area contributed by atoms with Crippen LogP contribution in [0.4, 0.5) is 0 Å². The molecule has 0 aliphatic heterocycles. The molecule has 0 amide bonds. The molecule has 2 aliphatic rings. The van der Waals surface area contributed by atoms with E-state index in [1.54, 1.807) is 6.07 Å². The van der Waals surface area contributed by atoms with Gasteiger partial charge in [-0.3, -0.25) is 9.79 Å². The van der Waals surface area contributed by atoms with Gasteiger partial charge in [0.25, 0.3) is 0 Å². The normalized spacial score (nSPS) is 22.1. The number of carboxylic acids is 1. The van der Waals surface area contributed by atoms with Crippen LogP contribution < -0.4 is 0 Å². The van der Waals surface area contributed by atoms with E-state index in [-0.39, 0.29) is 16.9 Å². The van der Waals surface area contributed by atoms with Crippen LogP contribution >= 0.6 is 0 Å². The van der Waals surface area contributed by atoms with E-state index in [9.17, 15) is 14.7 Å². The Morgan fingerprint density at radius 3 is 2.54 bits per heavy atom. The molecule has 0 radical (unpaired) electrons. The summed E-state index contributed by atoms with van der Waals surface area (Å²) in [6.45, 7) is 3.76. The number of carboxylic acid groups (broad SMARTS) is 1. The Morgan fingerprint density at radius 1 is 1.25 bits per heavy atom. The van der Waals surface area contributed by atoms with Gasteiger partial charge < -0.3 is 10.2 Å². The third kappa shape index (κ3) is 2.80. The SMILES string of the molecule is CC1(C)CCC2=C(C1)c1ccccc1/C(=N/C(CO)C(=O)O)C2=O. The minimum absolute atomic E-state index is 0.134. The summed E-state index contributed by atoms with van der Waals surface area (Å²) in [5.74, 6) is -1.43. The number of benzene rings is 1. The van der Waals surface area contributed by atoms with E-state index in [4.69, 9.17) is 5.11 Å². The highest BCUT2D eigenvalue weighted by atomic mass is 16.4. The summed E-state index contributed by atoms with van der Waals surface area (Å²) in [5, 5.41) is 18.4. The fraction of sp³-hybridized carbons (Fsp3) is 0.421. The summed E-state index contributed by atoms with van der Waals surface area (Å²) in [6, 6.07) is 6.17. The number of fused-ring (bicyclic) bond motifs is 2. The van der Waals surface area contributed by atoms with E-state index in [1.807, 2.05) is 18.2 Å². The zero-order chi connectivity index (χ0) is 17.5. The molecule has 0 heterocycles. The highest BCUT2D eigenvalue weighted by molar-refractivity contribution is 6.54. The van der Waals surface area contributed by atoms with Gasteiger partial charge in [-0.05, 0) is 35.8 Å². The highest BCUT2D eigenvalue weighted by Crippen LogP contribution is 2.46. The molecule has 0 spiro atoms. The quantitative estimate of drug-likeness (QED) is 0.893. The summed E-state index contributed by atoms with van der Waals surface area (Å²) >= 11 is 0. The van der Waals surface area contributed by atoms with Crippen LogP contribution in [-0.4, -0.2) is 40.3 Å². The maximum Gasteiger partial charge on any atom is 0.330 e. The maximum atomic E-state index is 12.9. The fourth-order valence-corrected chi connectivity index (χ4v) is 3.47. The molecular weight excluding hydrogens is 306 g/mol. The lowest BCUT2D eigenvalue weighted by molar-refractivity contribution is -0.139. The van der Waals surface area contributed by atoms with Crippen LogP contribution in [0.25, 0.3) is 5.57 Å². The zero-order valence-corrected chi connectivity index (χ0v) is 13.9. The van der Waals surface area contributed by atoms with E-state index in [0.29, 0.717) is 12.0 Å². The van der Waals surface area contributed by atoms with Crippen molar-refractivity contribution in [2.75, 3.05) is 6.61 Å². The molecule has 0 fully saturated rings. The smallest absolute Gasteiger partial charge is 0.330 e. The van der Waals surface area contributed by atoms with E-state index in [0.717, 1.165) is 29.6 Å². The van der Waals surface area contributed by atoms with Crippen LogP contribution in [0.2, 0.25) is 0 Å². The van der Waals surface area contributed by atoms with Gasteiger partial charge in [0.2, 0.25) is 5.78 Å². The molecule has 3 rings (SSSR count). The summed E-state index contributed by atoms with van der Waals surface area (Å²) in [7, 11) is 0. The van der Waals surface area contributed by atoms with Crippen molar-refractivity contribution >= 4 is 23.0 Å². The van der Waals surface area contributed by atoms with Crippen molar-refractivity contribution in [3.8, 4) is 0 Å². The molecule has 126 valence electrons. The number of hydrogen-bond donors (Lipinski definition) is 2. The summed E-state index contributed by atoms with van der Waals surface area (Å²) < 4.78 is 0. The number of aliphatic hydroxyl groups is 1. The second kappa shape index (κ2) is 5.98. The Labute approximate surface area is 140 Å². The molecule has 0 saturated carbocycles. The van der Waals surface area contributed by atoms with Crippen molar-refractivity contribution in [1.82, 2.24) is 0 Å². The zero-order valence-electron chi connectivity index (χ0n) is 13.9. The number of carbonyl (C=O) groups is 2. The van der Waals surface area contributed by atoms with Gasteiger partial charge in [-0.1, -0.05) is 38.1 Å². The van der Waals surface area contributed by atoms with Crippen LogP contribution in [0.15, 0.2) is 34.8 Å². The number of rotatable bonds is 3. The fourth-order valence-electron chi connectivity index (χ4n) is 3.47. The van der Waals surface area contributed by atoms with E-state index in [1.165, 1.54) is 0 Å². The second-order valence-corrected chi connectivity index (χ2v) is 7.19. The molecule has 0 aromatic heterocycles. The standard InChI is InChI=1S/C19H21NO4/c1-19(2)8-7-13-14(9-19)11-5-3-4-6-12(11)16(17(13)22)20-15(10-21)18(23)24/h3-6,15,21H,7-10H2,1-2H3,(H,23,24)/b20-16-. The molecular formula is C19H21NO4. The van der Waals surface area contributed by atoms with Crippen molar-refractivity contribution in [2.24, 2.45) is 10.4 Å². The minimum atomic E-state index is -1.32. The van der Waals surface area contributed by atoms with E-state index in [2.05, 4.69) is 18.8 Å². The number of hydrogen-bond acceptors (Lipinski definition) is 4. The molecule has 24 heavy (non-hydrogen) atoms. The molecule has 5 nitrogen and oxygen atoms in total. The Balaban J connectivity index is 2.17. The Bertz CT molecular complexity index is 773. The van der Waals surface area contributed by atoms with E-state index < -0.39 is 18.6 Å². The topological polar surface area (TPSA) is 87.0 Å². The van der Waals surface area contributed by atoms with Gasteiger partial charge in [0.05, 0.1) is 6.61 Å². The average Bonchev–Trinajstić information content (AvgIpc) is 2.53. The van der Waals surface area contributed by atoms with E-state index >= 15 is 0 Å². The number of aliphatic carboxylic acids is 1. The molecule has 2 aliphatic carbocycles. The minimum Gasteiger partial charge on any atom is -0.480 e. The van der Waals surface area contributed by atoms with Crippen molar-refractivity contribution in [3.05, 3.63) is 41.0 Å². The average molecular weight is 327 g/mol. The highest BCUT2D eigenvalue weighted by Gasteiger charge is 2.37. The summed E-state index contributed by atoms with van der Waals surface area (Å²) in [4.78, 5) is 28.2. The summed E-state index contributed by atoms with van der Waals surface area (Å²) in [5.41, 5.74) is 3.72. The van der Waals surface area contributed by atoms with Gasteiger partial charge in [0, 0.05) is 11.1 Å². The first-order chi connectivity index (χ1) is 11.3. The second-order valence-electron chi connectivity index (χ2n) is 7.19. The predicted molar refractivity (Wildman–Crippen MR) is 91.0 cm³/mol. The lowest BCUT2D eigenvalue weighted by Gasteiger charge is -2.36. The van der Waals surface area contributed by atoms with Crippen molar-refractivity contribution < 1.29 is 19.8 Å². The molecule has 2 N–H and O–H groups in total. The lowest BCUT2D eigenvalue weighted by Crippen LogP contribution is -2.33. The molecule has 0 saturated heterocycles. The largest absolute Gasteiger partial charge is 0.480 e. The van der Waals surface area contributed by atoms with Crippen LogP contribution in [0.1, 0.15) is 44.2 Å². The third-order valence-electron chi connectivity index (χ3n) is 4.81. The Kier molecular flexibility index (Phi) is 4.13. The lowest BCUT2D eigenvalue weighted by atomic mass is 9.68. The first-order valence-corrected chi connectivity index (χ1v) is 8.12. The van der Waals surface area contributed by atoms with Gasteiger partial charge in [-0.25, -0.2) is 4.79 Å². The number of aliphatic imine (C=N–C) groups is 1. The molecule has 1 aromatic rings. The molecule has 1 aromatic carbocycles. The van der Waals surface area contributed by atoms with Crippen LogP contribution in [-0.2, 0) is 9.59 Å². The van der Waals surface area contributed by atoms with Gasteiger partial charge in [0.1, 0.15) is 5.71 Å². The molecule has 1 atom stereocenters. The maximum absolute atomic E-state index is 12.9. The Morgan fingerprint density at radius 2 is 1.92 bits per heavy atom. The first-order valence-electron chi connectivity index (χ1n) is 8.12. The number of aliphatic hydroxyl groups excluding tert-OH is 1. The molecule has 1 unspecified atom stereocenters. The van der Waals surface area contributed by atoms with Crippen LogP contribution in [0, 0.1) is 5.41 Å². The number of Topliss-reactive ketones (excluding diaryl/α,β-unsaturated/α-hetero) is 1. The number of allylic oxidation sites excluding steroid dienone is 2. The van der Waals surface area contributed by atoms with Crippen LogP contribution in [0.5, 0.6) is 0 Å². The van der Waals surface area contributed by atoms with Gasteiger partial charge in [-0.2, -0.15) is 0 Å². The van der Waals surface area contributed by atoms with Gasteiger partial charge >= 0.3 is 5.97 Å². The van der Waals surface area contributed by atoms with Gasteiger partial charge in [0.15, 0.2) is 6.04 Å². The van der Waals surface area contributed by atoms with Crippen molar-refractivity contribution in [2.45, 2.75) is 39.2 Å². The summed E-state index contributed by atoms with van der Waals surface area (Å²) in [6.07, 6.45) is 2.40. The first kappa shape index (κ1) is 16.6. The van der Waals surface area contributed by atoms with Gasteiger partial charge in [-0.15, -0.1) is 0 Å². The van der Waals surface area contributed by atoms with Crippen molar-refractivity contribution in [1.29, 1.82) is 0 Å². The Hall–Kier alpha value is -2.27. The predicted octanol–water partition coefficient (Wildman–Crippen LogP) is 2.47. The number of ketones is 1. The molecule has 0 bridgehead atoms. The van der Waals surface area contributed by atoms with Crippen LogP contribution in [0.3, 0.4) is 0 Å². The molecule has 5 heteroatoms. The monoisotopic (exact) mass is 327 g/mol.